The smallest absolute Gasteiger partial charge is 0.371 e. The number of hydrogen-bond acceptors (Lipinski definition) is 4. The third-order valence-electron chi connectivity index (χ3n) is 1.85. The van der Waals surface area contributed by atoms with Crippen molar-refractivity contribution in [1.29, 1.82) is 0 Å². The molecule has 0 radical (unpaired) electrons. The maximum absolute atomic E-state index is 11.6. The average molecular weight is 259 g/mol. The van der Waals surface area contributed by atoms with Crippen LogP contribution in [-0.2, 0) is 14.6 Å². The van der Waals surface area contributed by atoms with Gasteiger partial charge in [-0.2, -0.15) is 13.2 Å². The summed E-state index contributed by atoms with van der Waals surface area (Å²) in [6.07, 6.45) is -2.85. The molecule has 0 aromatic carbocycles. The van der Waals surface area contributed by atoms with Crippen molar-refractivity contribution in [2.75, 3.05) is 25.5 Å². The van der Waals surface area contributed by atoms with Gasteiger partial charge in [0.05, 0.1) is 12.4 Å². The molecule has 1 heterocycles. The molecule has 1 aliphatic heterocycles. The van der Waals surface area contributed by atoms with Gasteiger partial charge in [0.25, 0.3) is 0 Å². The van der Waals surface area contributed by atoms with E-state index in [0.717, 1.165) is 5.41 Å². The van der Waals surface area contributed by atoms with E-state index >= 15 is 0 Å². The molecule has 0 bridgehead atoms. The quantitative estimate of drug-likeness (QED) is 0.729. The highest BCUT2D eigenvalue weighted by Gasteiger charge is 2.27. The van der Waals surface area contributed by atoms with Crippen LogP contribution in [0.25, 0.3) is 0 Å². The molecule has 0 fully saturated rings. The molecule has 1 N–H and O–H groups in total. The Morgan fingerprint density at radius 2 is 2.12 bits per heavy atom. The monoisotopic (exact) mass is 259 g/mol. The number of hydrogen-bond donors (Lipinski definition) is 1. The highest BCUT2D eigenvalue weighted by molar-refractivity contribution is 7.94. The molecule has 0 aromatic heterocycles. The number of alkyl halides is 3. The van der Waals surface area contributed by atoms with Crippen LogP contribution in [0.1, 0.15) is 0 Å². The van der Waals surface area contributed by atoms with Gasteiger partial charge in [-0.3, -0.25) is 0 Å². The molecular weight excluding hydrogens is 247 g/mol. The molecule has 1 unspecified atom stereocenters. The number of nitrogens with one attached hydrogen (secondary N) is 1. The van der Waals surface area contributed by atoms with Gasteiger partial charge in [-0.05, 0) is 0 Å². The van der Waals surface area contributed by atoms with Crippen LogP contribution in [-0.4, -0.2) is 46.1 Å². The molecule has 4 nitrogen and oxygen atoms in total. The summed E-state index contributed by atoms with van der Waals surface area (Å²) in [6.45, 7) is -1.21. The van der Waals surface area contributed by atoms with Gasteiger partial charge in [0.2, 0.25) is 0 Å². The Labute approximate surface area is 91.4 Å². The minimum absolute atomic E-state index is 0.0493. The second-order valence-electron chi connectivity index (χ2n) is 3.39. The number of ether oxygens (including phenoxy) is 1. The van der Waals surface area contributed by atoms with E-state index in [4.69, 9.17) is 0 Å². The van der Waals surface area contributed by atoms with Crippen molar-refractivity contribution < 1.29 is 26.3 Å². The van der Waals surface area contributed by atoms with E-state index in [-0.39, 0.29) is 24.9 Å². The standard InChI is InChI=1S/C8H12F3NO3S/c9-8(10,11)6-15-3-2-12-7-1-4-16(13,14)5-7/h1,4,7,12H,2-3,5-6H2. The molecule has 16 heavy (non-hydrogen) atoms. The first-order valence-electron chi connectivity index (χ1n) is 4.57. The highest BCUT2D eigenvalue weighted by Crippen LogP contribution is 2.14. The van der Waals surface area contributed by atoms with Crippen LogP contribution < -0.4 is 5.32 Å². The molecule has 8 heteroatoms. The van der Waals surface area contributed by atoms with Gasteiger partial charge >= 0.3 is 6.18 Å². The first-order chi connectivity index (χ1) is 7.29. The van der Waals surface area contributed by atoms with Gasteiger partial charge in [-0.15, -0.1) is 0 Å². The van der Waals surface area contributed by atoms with Gasteiger partial charge in [0.15, 0.2) is 9.84 Å². The topological polar surface area (TPSA) is 55.4 Å². The van der Waals surface area contributed by atoms with Crippen LogP contribution in [0.3, 0.4) is 0 Å². The van der Waals surface area contributed by atoms with Crippen LogP contribution in [0.4, 0.5) is 13.2 Å². The Hall–Kier alpha value is -0.600. The largest absolute Gasteiger partial charge is 0.411 e. The van der Waals surface area contributed by atoms with E-state index in [2.05, 4.69) is 10.1 Å². The number of halogens is 3. The number of sulfone groups is 1. The lowest BCUT2D eigenvalue weighted by Crippen LogP contribution is -2.33. The average Bonchev–Trinajstić information content (AvgIpc) is 2.43. The summed E-state index contributed by atoms with van der Waals surface area (Å²) in [5, 5.41) is 3.86. The first-order valence-corrected chi connectivity index (χ1v) is 6.29. The van der Waals surface area contributed by atoms with Crippen molar-refractivity contribution in [2.45, 2.75) is 12.2 Å². The van der Waals surface area contributed by atoms with Crippen molar-refractivity contribution in [3.05, 3.63) is 11.5 Å². The molecule has 0 aliphatic carbocycles. The molecule has 0 amide bonds. The first kappa shape index (κ1) is 13.5. The Bertz CT molecular complexity index is 350. The summed E-state index contributed by atoms with van der Waals surface area (Å²) in [5.74, 6) is -0.0493. The molecule has 1 atom stereocenters. The molecule has 94 valence electrons. The molecule has 1 aliphatic rings. The molecule has 0 aromatic rings. The summed E-state index contributed by atoms with van der Waals surface area (Å²) < 4.78 is 61.2. The molecule has 0 saturated carbocycles. The van der Waals surface area contributed by atoms with Crippen molar-refractivity contribution in [3.63, 3.8) is 0 Å². The second-order valence-corrected chi connectivity index (χ2v) is 5.32. The van der Waals surface area contributed by atoms with Gasteiger partial charge in [-0.1, -0.05) is 6.08 Å². The van der Waals surface area contributed by atoms with Crippen LogP contribution in [0.15, 0.2) is 11.5 Å². The highest BCUT2D eigenvalue weighted by atomic mass is 32.2. The van der Waals surface area contributed by atoms with Gasteiger partial charge in [0.1, 0.15) is 6.61 Å². The van der Waals surface area contributed by atoms with E-state index in [1.807, 2.05) is 0 Å². The fraction of sp³-hybridized carbons (Fsp3) is 0.750. The summed E-state index contributed by atoms with van der Waals surface area (Å²) >= 11 is 0. The lowest BCUT2D eigenvalue weighted by atomic mass is 10.3. The third kappa shape index (κ3) is 5.47. The van der Waals surface area contributed by atoms with Gasteiger partial charge < -0.3 is 10.1 Å². The minimum Gasteiger partial charge on any atom is -0.371 e. The van der Waals surface area contributed by atoms with Crippen molar-refractivity contribution in [3.8, 4) is 0 Å². The van der Waals surface area contributed by atoms with E-state index < -0.39 is 22.6 Å². The van der Waals surface area contributed by atoms with E-state index in [1.54, 1.807) is 0 Å². The van der Waals surface area contributed by atoms with Crippen LogP contribution >= 0.6 is 0 Å². The zero-order valence-electron chi connectivity index (χ0n) is 8.33. The molecular formula is C8H12F3NO3S. The number of rotatable bonds is 5. The molecule has 1 rings (SSSR count). The van der Waals surface area contributed by atoms with Gasteiger partial charge in [0, 0.05) is 18.0 Å². The van der Waals surface area contributed by atoms with Gasteiger partial charge in [-0.25, -0.2) is 8.42 Å². The summed E-state index contributed by atoms with van der Waals surface area (Å²) in [7, 11) is -3.13. The van der Waals surface area contributed by atoms with Crippen LogP contribution in [0, 0.1) is 0 Å². The van der Waals surface area contributed by atoms with Crippen molar-refractivity contribution >= 4 is 9.84 Å². The maximum Gasteiger partial charge on any atom is 0.411 e. The summed E-state index contributed by atoms with van der Waals surface area (Å²) in [6, 6.07) is -0.334. The van der Waals surface area contributed by atoms with Crippen molar-refractivity contribution in [2.24, 2.45) is 0 Å². The molecule has 0 spiro atoms. The zero-order valence-corrected chi connectivity index (χ0v) is 9.14. The fourth-order valence-electron chi connectivity index (χ4n) is 1.21. The maximum atomic E-state index is 11.6. The fourth-order valence-corrected chi connectivity index (χ4v) is 2.48. The van der Waals surface area contributed by atoms with Crippen LogP contribution in [0.2, 0.25) is 0 Å². The Kier molecular flexibility index (Phi) is 4.34. The van der Waals surface area contributed by atoms with E-state index in [0.29, 0.717) is 0 Å². The second kappa shape index (κ2) is 5.15. The predicted molar refractivity (Wildman–Crippen MR) is 51.6 cm³/mol. The Balaban J connectivity index is 2.08. The Morgan fingerprint density at radius 1 is 1.44 bits per heavy atom. The van der Waals surface area contributed by atoms with E-state index in [9.17, 15) is 21.6 Å². The van der Waals surface area contributed by atoms with Crippen LogP contribution in [0.5, 0.6) is 0 Å². The minimum atomic E-state index is -4.32. The van der Waals surface area contributed by atoms with Crippen molar-refractivity contribution in [1.82, 2.24) is 5.32 Å². The third-order valence-corrected chi connectivity index (χ3v) is 3.24. The SMILES string of the molecule is O=S1(=O)C=CC(NCCOCC(F)(F)F)C1. The summed E-state index contributed by atoms with van der Waals surface area (Å²) in [4.78, 5) is 0. The summed E-state index contributed by atoms with van der Waals surface area (Å²) in [5.41, 5.74) is 0. The lowest BCUT2D eigenvalue weighted by Gasteiger charge is -2.11. The Morgan fingerprint density at radius 3 is 2.62 bits per heavy atom. The normalized spacial score (nSPS) is 23.8. The zero-order chi connectivity index (χ0) is 12.2. The van der Waals surface area contributed by atoms with E-state index in [1.165, 1.54) is 6.08 Å². The predicted octanol–water partition coefficient (Wildman–Crippen LogP) is 0.466. The lowest BCUT2D eigenvalue weighted by molar-refractivity contribution is -0.173. The molecule has 0 saturated heterocycles.